The molecule has 7 heteroatoms. The molecule has 1 heterocycles. The van der Waals surface area contributed by atoms with Gasteiger partial charge < -0.3 is 35.1 Å². The molecule has 0 amide bonds. The van der Waals surface area contributed by atoms with Crippen molar-refractivity contribution in [3.63, 3.8) is 0 Å². The molecular formula is C28H18O7. The minimum Gasteiger partial charge on any atom is -0.508 e. The third kappa shape index (κ3) is 2.47. The van der Waals surface area contributed by atoms with Crippen LogP contribution >= 0.6 is 0 Å². The van der Waals surface area contributed by atoms with Crippen LogP contribution in [0.15, 0.2) is 65.1 Å². The van der Waals surface area contributed by atoms with Crippen molar-refractivity contribution in [2.75, 3.05) is 0 Å². The molecule has 0 spiro atoms. The van der Waals surface area contributed by atoms with Gasteiger partial charge in [0, 0.05) is 55.9 Å². The lowest BCUT2D eigenvalue weighted by molar-refractivity contribution is 0.160. The molecule has 172 valence electrons. The second kappa shape index (κ2) is 6.49. The van der Waals surface area contributed by atoms with E-state index in [2.05, 4.69) is 0 Å². The number of benzene rings is 5. The third-order valence-electron chi connectivity index (χ3n) is 7.10. The van der Waals surface area contributed by atoms with Crippen LogP contribution in [0.5, 0.6) is 28.7 Å². The molecule has 1 aliphatic carbocycles. The standard InChI is InChI=1S/C28H18O7/c29-12-3-1-11(2-4-12)21-24-19(33)10-18(32)22-16-7-13(30)5-6-15(16)28-26(25(22)24)23-17(27(21)34)8-14(31)9-20(23)35-28/h1-10,21,27,29-34H. The maximum absolute atomic E-state index is 11.8. The Labute approximate surface area is 196 Å². The SMILES string of the molecule is Oc1ccc(C2c3c(O)cc(O)c4c5cc(O)ccc5c5oc6cc(O)cc(c6c5c34)C2O)cc1. The van der Waals surface area contributed by atoms with Crippen molar-refractivity contribution < 1.29 is 35.1 Å². The first-order chi connectivity index (χ1) is 16.8. The van der Waals surface area contributed by atoms with Gasteiger partial charge in [0.05, 0.1) is 6.10 Å². The van der Waals surface area contributed by atoms with E-state index in [4.69, 9.17) is 4.42 Å². The van der Waals surface area contributed by atoms with Crippen LogP contribution in [0.25, 0.3) is 43.5 Å². The summed E-state index contributed by atoms with van der Waals surface area (Å²) in [6.07, 6.45) is -1.21. The Morgan fingerprint density at radius 2 is 1.34 bits per heavy atom. The number of phenols is 5. The Hall–Kier alpha value is -4.62. The van der Waals surface area contributed by atoms with Gasteiger partial charge in [0.15, 0.2) is 0 Å². The van der Waals surface area contributed by atoms with Crippen molar-refractivity contribution in [3.8, 4) is 28.7 Å². The minimum atomic E-state index is -1.21. The Morgan fingerprint density at radius 3 is 2.11 bits per heavy atom. The highest BCUT2D eigenvalue weighted by Gasteiger charge is 2.37. The highest BCUT2D eigenvalue weighted by Crippen LogP contribution is 2.56. The highest BCUT2D eigenvalue weighted by atomic mass is 16.3. The third-order valence-corrected chi connectivity index (χ3v) is 7.10. The number of furan rings is 1. The van der Waals surface area contributed by atoms with Gasteiger partial charge in [-0.05, 0) is 47.5 Å². The fourth-order valence-electron chi connectivity index (χ4n) is 5.73. The molecule has 0 bridgehead atoms. The zero-order valence-corrected chi connectivity index (χ0v) is 18.0. The number of fused-ring (bicyclic) bond motifs is 3. The van der Waals surface area contributed by atoms with Gasteiger partial charge in [-0.2, -0.15) is 0 Å². The van der Waals surface area contributed by atoms with E-state index in [1.165, 1.54) is 42.5 Å². The Morgan fingerprint density at radius 1 is 0.600 bits per heavy atom. The molecule has 1 aliphatic rings. The number of hydrogen-bond acceptors (Lipinski definition) is 7. The fourth-order valence-corrected chi connectivity index (χ4v) is 5.73. The molecule has 5 aromatic carbocycles. The van der Waals surface area contributed by atoms with Crippen molar-refractivity contribution in [2.45, 2.75) is 12.0 Å². The number of aliphatic hydroxyl groups excluding tert-OH is 1. The lowest BCUT2D eigenvalue weighted by atomic mass is 9.81. The molecular weight excluding hydrogens is 448 g/mol. The molecule has 7 rings (SSSR count). The molecule has 0 fully saturated rings. The summed E-state index contributed by atoms with van der Waals surface area (Å²) in [6.45, 7) is 0. The second-order valence-corrected chi connectivity index (χ2v) is 9.04. The summed E-state index contributed by atoms with van der Waals surface area (Å²) in [7, 11) is 0. The molecule has 0 radical (unpaired) electrons. The lowest BCUT2D eigenvalue weighted by Crippen LogP contribution is -2.12. The monoisotopic (exact) mass is 466 g/mol. The zero-order valence-electron chi connectivity index (χ0n) is 18.0. The van der Waals surface area contributed by atoms with Crippen LogP contribution in [-0.4, -0.2) is 30.6 Å². The molecule has 6 aromatic rings. The predicted molar refractivity (Wildman–Crippen MR) is 130 cm³/mol. The first kappa shape index (κ1) is 19.8. The van der Waals surface area contributed by atoms with Crippen LogP contribution in [0.2, 0.25) is 0 Å². The summed E-state index contributed by atoms with van der Waals surface area (Å²) < 4.78 is 6.20. The van der Waals surface area contributed by atoms with Crippen LogP contribution in [0.1, 0.15) is 28.7 Å². The average molecular weight is 466 g/mol. The smallest absolute Gasteiger partial charge is 0.143 e. The number of aromatic hydroxyl groups is 5. The highest BCUT2D eigenvalue weighted by molar-refractivity contribution is 6.33. The normalized spacial score (nSPS) is 17.3. The van der Waals surface area contributed by atoms with Gasteiger partial charge >= 0.3 is 0 Å². The quantitative estimate of drug-likeness (QED) is 0.174. The molecule has 0 saturated heterocycles. The Balaban J connectivity index is 1.82. The summed E-state index contributed by atoms with van der Waals surface area (Å²) in [4.78, 5) is 0. The van der Waals surface area contributed by atoms with Crippen molar-refractivity contribution in [3.05, 3.63) is 77.4 Å². The molecule has 2 atom stereocenters. The van der Waals surface area contributed by atoms with Gasteiger partial charge in [0.25, 0.3) is 0 Å². The molecule has 35 heavy (non-hydrogen) atoms. The Bertz CT molecular complexity index is 1870. The van der Waals surface area contributed by atoms with Gasteiger partial charge in [0.2, 0.25) is 0 Å². The zero-order chi connectivity index (χ0) is 24.2. The topological polar surface area (TPSA) is 135 Å². The molecule has 6 N–H and O–H groups in total. The number of phenolic OH excluding ortho intramolecular Hbond substituents is 5. The molecule has 2 unspecified atom stereocenters. The van der Waals surface area contributed by atoms with E-state index in [9.17, 15) is 30.6 Å². The summed E-state index contributed by atoms with van der Waals surface area (Å²) >= 11 is 0. The van der Waals surface area contributed by atoms with Crippen LogP contribution in [-0.2, 0) is 0 Å². The Kier molecular flexibility index (Phi) is 3.67. The van der Waals surface area contributed by atoms with Crippen molar-refractivity contribution >= 4 is 43.5 Å². The van der Waals surface area contributed by atoms with E-state index in [0.717, 1.165) is 0 Å². The summed E-state index contributed by atoms with van der Waals surface area (Å²) in [6, 6.07) is 15.2. The van der Waals surface area contributed by atoms with E-state index in [0.29, 0.717) is 60.2 Å². The number of rotatable bonds is 1. The molecule has 1 aromatic heterocycles. The maximum Gasteiger partial charge on any atom is 0.143 e. The van der Waals surface area contributed by atoms with Gasteiger partial charge in [0.1, 0.15) is 39.9 Å². The lowest BCUT2D eigenvalue weighted by Gasteiger charge is -2.26. The number of hydrogen-bond donors (Lipinski definition) is 6. The van der Waals surface area contributed by atoms with Crippen molar-refractivity contribution in [1.82, 2.24) is 0 Å². The molecule has 0 aliphatic heterocycles. The second-order valence-electron chi connectivity index (χ2n) is 9.04. The van der Waals surface area contributed by atoms with Crippen LogP contribution < -0.4 is 0 Å². The van der Waals surface area contributed by atoms with Gasteiger partial charge in [-0.15, -0.1) is 0 Å². The van der Waals surface area contributed by atoms with Crippen molar-refractivity contribution in [1.29, 1.82) is 0 Å². The predicted octanol–water partition coefficient (Wildman–Crippen LogP) is 5.60. The number of aliphatic hydroxyl groups is 1. The molecule has 0 saturated carbocycles. The average Bonchev–Trinajstić information content (AvgIpc) is 3.15. The van der Waals surface area contributed by atoms with Crippen LogP contribution in [0.3, 0.4) is 0 Å². The van der Waals surface area contributed by atoms with Crippen LogP contribution in [0.4, 0.5) is 0 Å². The summed E-state index contributed by atoms with van der Waals surface area (Å²) in [5, 5.41) is 67.7. The first-order valence-corrected chi connectivity index (χ1v) is 11.0. The minimum absolute atomic E-state index is 0.00777. The van der Waals surface area contributed by atoms with Crippen molar-refractivity contribution in [2.24, 2.45) is 0 Å². The first-order valence-electron chi connectivity index (χ1n) is 11.0. The van der Waals surface area contributed by atoms with E-state index >= 15 is 0 Å². The van der Waals surface area contributed by atoms with E-state index in [-0.39, 0.29) is 28.7 Å². The summed E-state index contributed by atoms with van der Waals surface area (Å²) in [5.74, 6) is -1.27. The van der Waals surface area contributed by atoms with E-state index in [1.54, 1.807) is 18.2 Å². The fraction of sp³-hybridized carbons (Fsp3) is 0.0714. The van der Waals surface area contributed by atoms with Gasteiger partial charge in [-0.1, -0.05) is 12.1 Å². The maximum atomic E-state index is 11.8. The van der Waals surface area contributed by atoms with E-state index in [1.807, 2.05) is 0 Å². The summed E-state index contributed by atoms with van der Waals surface area (Å²) in [5.41, 5.74) is 2.17. The van der Waals surface area contributed by atoms with Gasteiger partial charge in [-0.3, -0.25) is 0 Å². The molecule has 7 nitrogen and oxygen atoms in total. The van der Waals surface area contributed by atoms with Crippen LogP contribution in [0, 0.1) is 0 Å². The van der Waals surface area contributed by atoms with Gasteiger partial charge in [-0.25, -0.2) is 0 Å². The largest absolute Gasteiger partial charge is 0.508 e. The van der Waals surface area contributed by atoms with E-state index < -0.39 is 12.0 Å².